The van der Waals surface area contributed by atoms with E-state index in [-0.39, 0.29) is 11.5 Å². The number of rotatable bonds is 5. The minimum absolute atomic E-state index is 0.190. The van der Waals surface area contributed by atoms with Gasteiger partial charge in [-0.15, -0.1) is 0 Å². The Kier molecular flexibility index (Phi) is 5.15. The number of benzene rings is 2. The second-order valence-electron chi connectivity index (χ2n) is 4.95. The topological polar surface area (TPSA) is 21.3 Å². The van der Waals surface area contributed by atoms with Crippen molar-refractivity contribution < 1.29 is 13.5 Å². The summed E-state index contributed by atoms with van der Waals surface area (Å²) in [6.07, 6.45) is 0. The van der Waals surface area contributed by atoms with Gasteiger partial charge in [0.15, 0.2) is 11.6 Å². The Balaban J connectivity index is 2.16. The van der Waals surface area contributed by atoms with E-state index < -0.39 is 11.6 Å². The number of nitrogens with one attached hydrogen (secondary N) is 1. The summed E-state index contributed by atoms with van der Waals surface area (Å²) in [7, 11) is 0. The van der Waals surface area contributed by atoms with Gasteiger partial charge in [0.2, 0.25) is 5.82 Å². The fraction of sp³-hybridized carbons (Fsp3) is 0.250. The highest BCUT2D eigenvalue weighted by Gasteiger charge is 2.11. The van der Waals surface area contributed by atoms with Crippen LogP contribution in [0, 0.1) is 11.6 Å². The Morgan fingerprint density at radius 3 is 2.57 bits per heavy atom. The summed E-state index contributed by atoms with van der Waals surface area (Å²) < 4.78 is 32.0. The lowest BCUT2D eigenvalue weighted by molar-refractivity contribution is 0.416. The van der Waals surface area contributed by atoms with Crippen LogP contribution in [0.5, 0.6) is 11.5 Å². The van der Waals surface area contributed by atoms with Crippen LogP contribution in [-0.4, -0.2) is 6.04 Å². The van der Waals surface area contributed by atoms with Gasteiger partial charge in [0, 0.05) is 12.6 Å². The Hall–Kier alpha value is -1.65. The van der Waals surface area contributed by atoms with Crippen LogP contribution in [0.1, 0.15) is 19.4 Å². The normalized spacial score (nSPS) is 11.0. The predicted molar refractivity (Wildman–Crippen MR) is 79.9 cm³/mol. The summed E-state index contributed by atoms with van der Waals surface area (Å²) in [6, 6.07) is 9.33. The maximum absolute atomic E-state index is 13.6. The van der Waals surface area contributed by atoms with Crippen molar-refractivity contribution >= 4 is 11.6 Å². The molecule has 21 heavy (non-hydrogen) atoms. The van der Waals surface area contributed by atoms with Crippen LogP contribution in [0.4, 0.5) is 8.78 Å². The van der Waals surface area contributed by atoms with E-state index in [1.807, 2.05) is 19.9 Å². The number of halogens is 3. The fourth-order valence-electron chi connectivity index (χ4n) is 1.74. The first-order valence-corrected chi connectivity index (χ1v) is 6.99. The molecule has 0 aliphatic heterocycles. The lowest BCUT2D eigenvalue weighted by atomic mass is 10.2. The van der Waals surface area contributed by atoms with Crippen molar-refractivity contribution in [2.45, 2.75) is 26.4 Å². The SMILES string of the molecule is CC(C)NCc1ccc(Oc2cccc(F)c2F)c(Cl)c1. The lowest BCUT2D eigenvalue weighted by Crippen LogP contribution is -2.21. The first-order valence-electron chi connectivity index (χ1n) is 6.61. The van der Waals surface area contributed by atoms with Crippen molar-refractivity contribution in [1.29, 1.82) is 0 Å². The predicted octanol–water partition coefficient (Wildman–Crippen LogP) is 4.91. The molecule has 0 atom stereocenters. The highest BCUT2D eigenvalue weighted by atomic mass is 35.5. The maximum atomic E-state index is 13.6. The Bertz CT molecular complexity index is 632. The van der Waals surface area contributed by atoms with E-state index in [1.54, 1.807) is 12.1 Å². The van der Waals surface area contributed by atoms with E-state index >= 15 is 0 Å². The molecule has 0 radical (unpaired) electrons. The zero-order chi connectivity index (χ0) is 15.4. The van der Waals surface area contributed by atoms with Gasteiger partial charge in [0.05, 0.1) is 5.02 Å². The number of hydrogen-bond acceptors (Lipinski definition) is 2. The van der Waals surface area contributed by atoms with Gasteiger partial charge in [-0.05, 0) is 29.8 Å². The van der Waals surface area contributed by atoms with Crippen molar-refractivity contribution in [3.05, 3.63) is 58.6 Å². The second-order valence-corrected chi connectivity index (χ2v) is 5.36. The van der Waals surface area contributed by atoms with Crippen LogP contribution < -0.4 is 10.1 Å². The van der Waals surface area contributed by atoms with Gasteiger partial charge < -0.3 is 10.1 Å². The Morgan fingerprint density at radius 2 is 1.90 bits per heavy atom. The first kappa shape index (κ1) is 15.7. The van der Waals surface area contributed by atoms with Crippen molar-refractivity contribution in [2.75, 3.05) is 0 Å². The van der Waals surface area contributed by atoms with E-state index in [2.05, 4.69) is 5.32 Å². The average molecular weight is 312 g/mol. The zero-order valence-electron chi connectivity index (χ0n) is 11.8. The molecule has 2 rings (SSSR count). The zero-order valence-corrected chi connectivity index (χ0v) is 12.5. The van der Waals surface area contributed by atoms with E-state index in [0.717, 1.165) is 11.6 Å². The van der Waals surface area contributed by atoms with Gasteiger partial charge in [-0.3, -0.25) is 0 Å². The Labute approximate surface area is 127 Å². The molecule has 2 aromatic carbocycles. The molecule has 0 aliphatic rings. The molecular formula is C16H16ClF2NO. The molecule has 0 spiro atoms. The molecule has 0 aromatic heterocycles. The molecule has 2 aromatic rings. The van der Waals surface area contributed by atoms with Gasteiger partial charge in [-0.25, -0.2) is 4.39 Å². The van der Waals surface area contributed by atoms with Crippen LogP contribution >= 0.6 is 11.6 Å². The molecule has 1 N–H and O–H groups in total. The maximum Gasteiger partial charge on any atom is 0.201 e. The van der Waals surface area contributed by atoms with E-state index in [9.17, 15) is 8.78 Å². The fourth-order valence-corrected chi connectivity index (χ4v) is 1.98. The average Bonchev–Trinajstić information content (AvgIpc) is 2.44. The Morgan fingerprint density at radius 1 is 1.14 bits per heavy atom. The highest BCUT2D eigenvalue weighted by molar-refractivity contribution is 6.32. The van der Waals surface area contributed by atoms with Crippen LogP contribution in [-0.2, 0) is 6.54 Å². The van der Waals surface area contributed by atoms with Crippen molar-refractivity contribution in [2.24, 2.45) is 0 Å². The molecule has 0 unspecified atom stereocenters. The van der Waals surface area contributed by atoms with Gasteiger partial charge in [-0.2, -0.15) is 4.39 Å². The van der Waals surface area contributed by atoms with Crippen molar-refractivity contribution in [1.82, 2.24) is 5.32 Å². The third kappa shape index (κ3) is 4.16. The van der Waals surface area contributed by atoms with Crippen LogP contribution in [0.25, 0.3) is 0 Å². The summed E-state index contributed by atoms with van der Waals surface area (Å²) in [5.41, 5.74) is 0.987. The van der Waals surface area contributed by atoms with E-state index in [0.29, 0.717) is 17.6 Å². The first-order chi connectivity index (χ1) is 9.97. The summed E-state index contributed by atoms with van der Waals surface area (Å²) in [4.78, 5) is 0. The third-order valence-electron chi connectivity index (χ3n) is 2.85. The minimum atomic E-state index is -1.03. The lowest BCUT2D eigenvalue weighted by Gasteiger charge is -2.11. The van der Waals surface area contributed by atoms with Crippen LogP contribution in [0.2, 0.25) is 5.02 Å². The standard InChI is InChI=1S/C16H16ClF2NO/c1-10(2)20-9-11-6-7-14(12(17)8-11)21-15-5-3-4-13(18)16(15)19/h3-8,10,20H,9H2,1-2H3. The molecule has 0 fully saturated rings. The van der Waals surface area contributed by atoms with Gasteiger partial charge in [0.1, 0.15) is 5.75 Å². The smallest absolute Gasteiger partial charge is 0.201 e. The number of ether oxygens (including phenoxy) is 1. The number of hydrogen-bond donors (Lipinski definition) is 1. The second kappa shape index (κ2) is 6.87. The molecule has 0 bridgehead atoms. The van der Waals surface area contributed by atoms with E-state index in [4.69, 9.17) is 16.3 Å². The monoisotopic (exact) mass is 311 g/mol. The quantitative estimate of drug-likeness (QED) is 0.847. The van der Waals surface area contributed by atoms with Crippen molar-refractivity contribution in [3.8, 4) is 11.5 Å². The molecule has 2 nitrogen and oxygen atoms in total. The molecule has 0 aliphatic carbocycles. The summed E-state index contributed by atoms with van der Waals surface area (Å²) in [6.45, 7) is 4.77. The van der Waals surface area contributed by atoms with E-state index in [1.165, 1.54) is 12.1 Å². The van der Waals surface area contributed by atoms with Crippen LogP contribution in [0.3, 0.4) is 0 Å². The third-order valence-corrected chi connectivity index (χ3v) is 3.14. The largest absolute Gasteiger partial charge is 0.453 e. The summed E-state index contributed by atoms with van der Waals surface area (Å²) >= 11 is 6.12. The molecule has 0 heterocycles. The highest BCUT2D eigenvalue weighted by Crippen LogP contribution is 2.32. The molecule has 112 valence electrons. The summed E-state index contributed by atoms with van der Waals surface area (Å²) in [5.74, 6) is -1.89. The molecular weight excluding hydrogens is 296 g/mol. The van der Waals surface area contributed by atoms with Gasteiger partial charge in [0.25, 0.3) is 0 Å². The molecule has 5 heteroatoms. The van der Waals surface area contributed by atoms with Gasteiger partial charge >= 0.3 is 0 Å². The molecule has 0 saturated heterocycles. The van der Waals surface area contributed by atoms with Gasteiger partial charge in [-0.1, -0.05) is 37.6 Å². The molecule has 0 amide bonds. The minimum Gasteiger partial charge on any atom is -0.453 e. The summed E-state index contributed by atoms with van der Waals surface area (Å²) in [5, 5.41) is 3.61. The molecule has 0 saturated carbocycles. The van der Waals surface area contributed by atoms with Crippen LogP contribution in [0.15, 0.2) is 36.4 Å². The van der Waals surface area contributed by atoms with Crippen molar-refractivity contribution in [3.63, 3.8) is 0 Å².